The summed E-state index contributed by atoms with van der Waals surface area (Å²) in [6, 6.07) is 13.4. The van der Waals surface area contributed by atoms with E-state index in [9.17, 15) is 0 Å². The monoisotopic (exact) mass is 253 g/mol. The molecule has 1 atom stereocenters. The van der Waals surface area contributed by atoms with Gasteiger partial charge in [0.05, 0.1) is 6.04 Å². The van der Waals surface area contributed by atoms with E-state index >= 15 is 0 Å². The van der Waals surface area contributed by atoms with E-state index in [-0.39, 0.29) is 6.04 Å². The third-order valence-electron chi connectivity index (χ3n) is 3.18. The second-order valence-corrected chi connectivity index (χ2v) is 4.54. The number of furan rings is 1. The Kier molecular flexibility index (Phi) is 2.93. The SMILES string of the molecule is Nc1ncccc1CC(N)c1cc2ccccc2o1. The van der Waals surface area contributed by atoms with Crippen molar-refractivity contribution in [3.05, 3.63) is 60.0 Å². The lowest BCUT2D eigenvalue weighted by Crippen LogP contribution is -2.13. The average molecular weight is 253 g/mol. The highest BCUT2D eigenvalue weighted by Gasteiger charge is 2.14. The van der Waals surface area contributed by atoms with Gasteiger partial charge in [0.15, 0.2) is 0 Å². The highest BCUT2D eigenvalue weighted by atomic mass is 16.3. The van der Waals surface area contributed by atoms with Gasteiger partial charge in [0, 0.05) is 11.6 Å². The number of rotatable bonds is 3. The summed E-state index contributed by atoms with van der Waals surface area (Å²) in [5.41, 5.74) is 13.8. The van der Waals surface area contributed by atoms with E-state index in [0.717, 1.165) is 22.3 Å². The molecular weight excluding hydrogens is 238 g/mol. The maximum atomic E-state index is 6.18. The van der Waals surface area contributed by atoms with Crippen LogP contribution in [0.1, 0.15) is 17.4 Å². The zero-order valence-corrected chi connectivity index (χ0v) is 10.4. The van der Waals surface area contributed by atoms with Gasteiger partial charge in [0.25, 0.3) is 0 Å². The van der Waals surface area contributed by atoms with Crippen LogP contribution in [0, 0.1) is 0 Å². The van der Waals surface area contributed by atoms with E-state index in [0.29, 0.717) is 12.2 Å². The Morgan fingerprint density at radius 2 is 2.00 bits per heavy atom. The molecular formula is C15H15N3O. The molecule has 2 aromatic heterocycles. The van der Waals surface area contributed by atoms with Crippen LogP contribution in [-0.4, -0.2) is 4.98 Å². The maximum Gasteiger partial charge on any atom is 0.134 e. The maximum absolute atomic E-state index is 6.18. The number of aromatic nitrogens is 1. The van der Waals surface area contributed by atoms with Gasteiger partial charge in [-0.05, 0) is 30.2 Å². The second kappa shape index (κ2) is 4.74. The van der Waals surface area contributed by atoms with Crippen molar-refractivity contribution < 1.29 is 4.42 Å². The summed E-state index contributed by atoms with van der Waals surface area (Å²) in [6.07, 6.45) is 2.28. The van der Waals surface area contributed by atoms with Gasteiger partial charge in [0.2, 0.25) is 0 Å². The summed E-state index contributed by atoms with van der Waals surface area (Å²) in [5, 5.41) is 1.06. The first-order valence-electron chi connectivity index (χ1n) is 6.17. The Morgan fingerprint density at radius 1 is 1.16 bits per heavy atom. The fourth-order valence-corrected chi connectivity index (χ4v) is 2.15. The summed E-state index contributed by atoms with van der Waals surface area (Å²) < 4.78 is 5.76. The molecule has 0 amide bonds. The molecule has 0 aliphatic rings. The number of pyridine rings is 1. The molecule has 4 heteroatoms. The number of para-hydroxylation sites is 1. The predicted molar refractivity (Wildman–Crippen MR) is 75.5 cm³/mol. The van der Waals surface area contributed by atoms with E-state index in [1.807, 2.05) is 42.5 Å². The molecule has 1 aromatic carbocycles. The van der Waals surface area contributed by atoms with Crippen LogP contribution in [0.4, 0.5) is 5.82 Å². The fraction of sp³-hybridized carbons (Fsp3) is 0.133. The molecule has 0 aliphatic heterocycles. The van der Waals surface area contributed by atoms with Crippen LogP contribution >= 0.6 is 0 Å². The number of nitrogens with two attached hydrogens (primary N) is 2. The fourth-order valence-electron chi connectivity index (χ4n) is 2.15. The minimum Gasteiger partial charge on any atom is -0.459 e. The summed E-state index contributed by atoms with van der Waals surface area (Å²) in [7, 11) is 0. The Bertz CT molecular complexity index is 672. The van der Waals surface area contributed by atoms with Crippen molar-refractivity contribution in [2.45, 2.75) is 12.5 Å². The zero-order valence-electron chi connectivity index (χ0n) is 10.4. The molecule has 0 spiro atoms. The van der Waals surface area contributed by atoms with E-state index < -0.39 is 0 Å². The molecule has 0 radical (unpaired) electrons. The number of hydrogen-bond acceptors (Lipinski definition) is 4. The number of nitrogens with zero attached hydrogens (tertiary/aromatic N) is 1. The van der Waals surface area contributed by atoms with Crippen LogP contribution < -0.4 is 11.5 Å². The van der Waals surface area contributed by atoms with Crippen LogP contribution in [0.15, 0.2) is 53.1 Å². The molecule has 4 N–H and O–H groups in total. The number of nitrogen functional groups attached to an aromatic ring is 1. The van der Waals surface area contributed by atoms with Crippen LogP contribution in [-0.2, 0) is 6.42 Å². The minimum absolute atomic E-state index is 0.223. The third kappa shape index (κ3) is 2.30. The summed E-state index contributed by atoms with van der Waals surface area (Å²) in [4.78, 5) is 4.06. The lowest BCUT2D eigenvalue weighted by molar-refractivity contribution is 0.494. The molecule has 1 unspecified atom stereocenters. The highest BCUT2D eigenvalue weighted by Crippen LogP contribution is 2.25. The van der Waals surface area contributed by atoms with Gasteiger partial charge < -0.3 is 15.9 Å². The van der Waals surface area contributed by atoms with Crippen molar-refractivity contribution in [3.8, 4) is 0 Å². The Hall–Kier alpha value is -2.33. The molecule has 19 heavy (non-hydrogen) atoms. The Balaban J connectivity index is 1.87. The number of fused-ring (bicyclic) bond motifs is 1. The molecule has 2 heterocycles. The van der Waals surface area contributed by atoms with Crippen molar-refractivity contribution in [3.63, 3.8) is 0 Å². The summed E-state index contributed by atoms with van der Waals surface area (Å²) >= 11 is 0. The van der Waals surface area contributed by atoms with Crippen molar-refractivity contribution in [1.82, 2.24) is 4.98 Å². The van der Waals surface area contributed by atoms with E-state index in [4.69, 9.17) is 15.9 Å². The molecule has 96 valence electrons. The lowest BCUT2D eigenvalue weighted by Gasteiger charge is -2.09. The molecule has 0 bridgehead atoms. The van der Waals surface area contributed by atoms with E-state index in [2.05, 4.69) is 4.98 Å². The van der Waals surface area contributed by atoms with Crippen molar-refractivity contribution in [2.24, 2.45) is 5.73 Å². The molecule has 0 fully saturated rings. The first-order chi connectivity index (χ1) is 9.24. The Morgan fingerprint density at radius 3 is 2.79 bits per heavy atom. The van der Waals surface area contributed by atoms with Gasteiger partial charge in [-0.2, -0.15) is 0 Å². The van der Waals surface area contributed by atoms with E-state index in [1.54, 1.807) is 6.20 Å². The molecule has 0 saturated heterocycles. The van der Waals surface area contributed by atoms with Crippen LogP contribution in [0.25, 0.3) is 11.0 Å². The molecule has 0 aliphatic carbocycles. The molecule has 0 saturated carbocycles. The first-order valence-corrected chi connectivity index (χ1v) is 6.17. The van der Waals surface area contributed by atoms with Crippen LogP contribution in [0.2, 0.25) is 0 Å². The highest BCUT2D eigenvalue weighted by molar-refractivity contribution is 5.77. The third-order valence-corrected chi connectivity index (χ3v) is 3.18. The molecule has 3 aromatic rings. The van der Waals surface area contributed by atoms with Crippen LogP contribution in [0.3, 0.4) is 0 Å². The minimum atomic E-state index is -0.223. The second-order valence-electron chi connectivity index (χ2n) is 4.54. The van der Waals surface area contributed by atoms with Crippen LogP contribution in [0.5, 0.6) is 0 Å². The van der Waals surface area contributed by atoms with Crippen molar-refractivity contribution >= 4 is 16.8 Å². The van der Waals surface area contributed by atoms with Gasteiger partial charge in [0.1, 0.15) is 17.2 Å². The average Bonchev–Trinajstić information content (AvgIpc) is 2.85. The van der Waals surface area contributed by atoms with Gasteiger partial charge in [-0.1, -0.05) is 24.3 Å². The Labute approximate surface area is 111 Å². The smallest absolute Gasteiger partial charge is 0.134 e. The van der Waals surface area contributed by atoms with Gasteiger partial charge in [-0.25, -0.2) is 4.98 Å². The molecule has 3 rings (SSSR count). The zero-order chi connectivity index (χ0) is 13.2. The van der Waals surface area contributed by atoms with Gasteiger partial charge in [-0.15, -0.1) is 0 Å². The molecule has 4 nitrogen and oxygen atoms in total. The normalized spacial score (nSPS) is 12.7. The predicted octanol–water partition coefficient (Wildman–Crippen LogP) is 2.65. The largest absolute Gasteiger partial charge is 0.459 e. The lowest BCUT2D eigenvalue weighted by atomic mass is 10.1. The van der Waals surface area contributed by atoms with Crippen molar-refractivity contribution in [1.29, 1.82) is 0 Å². The van der Waals surface area contributed by atoms with Gasteiger partial charge >= 0.3 is 0 Å². The number of anilines is 1. The van der Waals surface area contributed by atoms with Crippen molar-refractivity contribution in [2.75, 3.05) is 5.73 Å². The number of hydrogen-bond donors (Lipinski definition) is 2. The standard InChI is InChI=1S/C15H15N3O/c16-12(8-11-5-3-7-18-15(11)17)14-9-10-4-1-2-6-13(10)19-14/h1-7,9,12H,8,16H2,(H2,17,18). The summed E-state index contributed by atoms with van der Waals surface area (Å²) in [6.45, 7) is 0. The summed E-state index contributed by atoms with van der Waals surface area (Å²) in [5.74, 6) is 1.29. The van der Waals surface area contributed by atoms with E-state index in [1.165, 1.54) is 0 Å². The first kappa shape index (κ1) is 11.7. The quantitative estimate of drug-likeness (QED) is 0.752. The topological polar surface area (TPSA) is 78.1 Å². The number of benzene rings is 1. The van der Waals surface area contributed by atoms with Gasteiger partial charge in [-0.3, -0.25) is 0 Å².